The van der Waals surface area contributed by atoms with E-state index in [2.05, 4.69) is 25.6 Å². The highest BCUT2D eigenvalue weighted by molar-refractivity contribution is 6.28. The van der Waals surface area contributed by atoms with E-state index in [0.29, 0.717) is 11.5 Å². The first-order valence-electron chi connectivity index (χ1n) is 9.72. The van der Waals surface area contributed by atoms with Crippen molar-refractivity contribution in [2.24, 2.45) is 7.05 Å². The first-order valence-corrected chi connectivity index (χ1v) is 10.1. The minimum Gasteiger partial charge on any atom is -0.367 e. The van der Waals surface area contributed by atoms with Gasteiger partial charge in [-0.3, -0.25) is 4.79 Å². The van der Waals surface area contributed by atoms with E-state index in [-0.39, 0.29) is 23.3 Å². The van der Waals surface area contributed by atoms with Crippen molar-refractivity contribution in [2.75, 3.05) is 5.32 Å². The number of amides is 1. The molecule has 0 bridgehead atoms. The average Bonchev–Trinajstić information content (AvgIpc) is 3.15. The van der Waals surface area contributed by atoms with Gasteiger partial charge in [0.1, 0.15) is 11.5 Å². The Hall–Kier alpha value is -2.93. The van der Waals surface area contributed by atoms with Crippen LogP contribution in [0.2, 0.25) is 5.28 Å². The second kappa shape index (κ2) is 8.61. The highest BCUT2D eigenvalue weighted by Crippen LogP contribution is 2.25. The second-order valence-electron chi connectivity index (χ2n) is 7.38. The predicted molar refractivity (Wildman–Crippen MR) is 113 cm³/mol. The average molecular weight is 411 g/mol. The fourth-order valence-corrected chi connectivity index (χ4v) is 3.88. The number of carbonyl (C=O) groups excluding carboxylic acids is 1. The maximum Gasteiger partial charge on any atom is 0.271 e. The molecule has 1 amide bonds. The van der Waals surface area contributed by atoms with Crippen LogP contribution in [0, 0.1) is 0 Å². The molecule has 2 atom stereocenters. The summed E-state index contributed by atoms with van der Waals surface area (Å²) in [5.41, 5.74) is 2.21. The summed E-state index contributed by atoms with van der Waals surface area (Å²) in [7, 11) is 1.85. The molecule has 2 aromatic heterocycles. The number of carbonyl (C=O) groups is 1. The Labute approximate surface area is 174 Å². The van der Waals surface area contributed by atoms with E-state index in [1.54, 1.807) is 17.1 Å². The van der Waals surface area contributed by atoms with Gasteiger partial charge in [0.25, 0.3) is 5.91 Å². The molecule has 2 N–H and O–H groups in total. The molecule has 1 aliphatic rings. The van der Waals surface area contributed by atoms with Crippen LogP contribution in [0.1, 0.15) is 36.2 Å². The summed E-state index contributed by atoms with van der Waals surface area (Å²) in [5.74, 6) is 0.568. The minimum atomic E-state index is -0.132. The molecule has 8 heteroatoms. The second-order valence-corrected chi connectivity index (χ2v) is 7.71. The summed E-state index contributed by atoms with van der Waals surface area (Å²) in [6.07, 6.45) is 7.16. The number of hydrogen-bond donors (Lipinski definition) is 2. The molecule has 2 heterocycles. The summed E-state index contributed by atoms with van der Waals surface area (Å²) in [6, 6.07) is 12.1. The monoisotopic (exact) mass is 410 g/mol. The van der Waals surface area contributed by atoms with Gasteiger partial charge in [0, 0.05) is 37.0 Å². The number of halogens is 1. The Morgan fingerprint density at radius 1 is 1.17 bits per heavy atom. The Bertz CT molecular complexity index is 990. The molecule has 1 fully saturated rings. The SMILES string of the molecule is Cn1cnc(C(=O)NC2CCCC(Nc3cc(-c4ccccc4)nc(Cl)n3)C2)c1. The molecule has 0 saturated heterocycles. The highest BCUT2D eigenvalue weighted by atomic mass is 35.5. The summed E-state index contributed by atoms with van der Waals surface area (Å²) in [4.78, 5) is 25.2. The van der Waals surface area contributed by atoms with Crippen LogP contribution >= 0.6 is 11.6 Å². The predicted octanol–water partition coefficient (Wildman–Crippen LogP) is 3.68. The number of nitrogens with zero attached hydrogens (tertiary/aromatic N) is 4. The fraction of sp³-hybridized carbons (Fsp3) is 0.333. The van der Waals surface area contributed by atoms with Gasteiger partial charge in [-0.1, -0.05) is 30.3 Å². The van der Waals surface area contributed by atoms with Crippen LogP contribution in [0.15, 0.2) is 48.9 Å². The Morgan fingerprint density at radius 2 is 1.97 bits per heavy atom. The normalized spacial score (nSPS) is 19.0. The maximum absolute atomic E-state index is 12.4. The van der Waals surface area contributed by atoms with Gasteiger partial charge in [-0.15, -0.1) is 0 Å². The van der Waals surface area contributed by atoms with Crippen molar-refractivity contribution >= 4 is 23.3 Å². The van der Waals surface area contributed by atoms with E-state index in [1.807, 2.05) is 43.4 Å². The van der Waals surface area contributed by atoms with Gasteiger partial charge >= 0.3 is 0 Å². The molecule has 2 unspecified atom stereocenters. The van der Waals surface area contributed by atoms with Gasteiger partial charge in [0.05, 0.1) is 12.0 Å². The lowest BCUT2D eigenvalue weighted by molar-refractivity contribution is 0.0921. The topological polar surface area (TPSA) is 84.7 Å². The van der Waals surface area contributed by atoms with Crippen molar-refractivity contribution in [3.05, 3.63) is 59.9 Å². The van der Waals surface area contributed by atoms with E-state index in [4.69, 9.17) is 11.6 Å². The number of nitrogens with one attached hydrogen (secondary N) is 2. The molecule has 1 saturated carbocycles. The van der Waals surface area contributed by atoms with Gasteiger partial charge in [0.15, 0.2) is 0 Å². The van der Waals surface area contributed by atoms with E-state index in [1.165, 1.54) is 0 Å². The quantitative estimate of drug-likeness (QED) is 0.627. The third-order valence-electron chi connectivity index (χ3n) is 5.07. The number of anilines is 1. The number of imidazole rings is 1. The Morgan fingerprint density at radius 3 is 2.72 bits per heavy atom. The third-order valence-corrected chi connectivity index (χ3v) is 5.24. The van der Waals surface area contributed by atoms with Crippen LogP contribution in [0.5, 0.6) is 0 Å². The van der Waals surface area contributed by atoms with Crippen molar-refractivity contribution in [1.82, 2.24) is 24.8 Å². The van der Waals surface area contributed by atoms with Gasteiger partial charge in [-0.05, 0) is 37.3 Å². The van der Waals surface area contributed by atoms with Gasteiger partial charge < -0.3 is 15.2 Å². The van der Waals surface area contributed by atoms with Crippen LogP contribution < -0.4 is 10.6 Å². The molecular weight excluding hydrogens is 388 g/mol. The van der Waals surface area contributed by atoms with Crippen LogP contribution in [0.3, 0.4) is 0 Å². The van der Waals surface area contributed by atoms with Crippen LogP contribution in [-0.4, -0.2) is 37.5 Å². The summed E-state index contributed by atoms with van der Waals surface area (Å²) < 4.78 is 1.77. The van der Waals surface area contributed by atoms with Gasteiger partial charge in [-0.2, -0.15) is 0 Å². The molecule has 0 radical (unpaired) electrons. The summed E-state index contributed by atoms with van der Waals surface area (Å²) >= 11 is 6.16. The van der Waals surface area contributed by atoms with Crippen molar-refractivity contribution in [3.8, 4) is 11.3 Å². The van der Waals surface area contributed by atoms with Crippen LogP contribution in [0.4, 0.5) is 5.82 Å². The van der Waals surface area contributed by atoms with Crippen molar-refractivity contribution in [2.45, 2.75) is 37.8 Å². The minimum absolute atomic E-state index is 0.0988. The molecule has 1 aromatic carbocycles. The smallest absolute Gasteiger partial charge is 0.271 e. The molecule has 1 aliphatic carbocycles. The third kappa shape index (κ3) is 4.92. The largest absolute Gasteiger partial charge is 0.367 e. The zero-order valence-electron chi connectivity index (χ0n) is 16.2. The fourth-order valence-electron chi connectivity index (χ4n) is 3.70. The summed E-state index contributed by atoms with van der Waals surface area (Å²) in [5, 5.41) is 6.78. The van der Waals surface area contributed by atoms with E-state index < -0.39 is 0 Å². The Balaban J connectivity index is 1.42. The van der Waals surface area contributed by atoms with Crippen LogP contribution in [-0.2, 0) is 7.05 Å². The van der Waals surface area contributed by atoms with Crippen molar-refractivity contribution < 1.29 is 4.79 Å². The molecule has 29 heavy (non-hydrogen) atoms. The van der Waals surface area contributed by atoms with Crippen molar-refractivity contribution in [3.63, 3.8) is 0 Å². The lowest BCUT2D eigenvalue weighted by Crippen LogP contribution is -2.42. The molecule has 3 aromatic rings. The molecule has 7 nitrogen and oxygen atoms in total. The zero-order valence-corrected chi connectivity index (χ0v) is 16.9. The lowest BCUT2D eigenvalue weighted by atomic mass is 9.91. The summed E-state index contributed by atoms with van der Waals surface area (Å²) in [6.45, 7) is 0. The van der Waals surface area contributed by atoms with E-state index in [0.717, 1.165) is 36.9 Å². The number of hydrogen-bond acceptors (Lipinski definition) is 5. The molecule has 4 rings (SSSR count). The first kappa shape index (κ1) is 19.4. The van der Waals surface area contributed by atoms with E-state index in [9.17, 15) is 4.79 Å². The number of aromatic nitrogens is 4. The maximum atomic E-state index is 12.4. The number of rotatable bonds is 5. The number of benzene rings is 1. The zero-order chi connectivity index (χ0) is 20.2. The standard InChI is InChI=1S/C21H23ClN6O/c1-28-12-18(23-13-28)20(29)25-16-9-5-8-15(10-16)24-19-11-17(26-21(22)27-19)14-6-3-2-4-7-14/h2-4,6-7,11-13,15-16H,5,8-10H2,1H3,(H,25,29)(H,24,26,27). The highest BCUT2D eigenvalue weighted by Gasteiger charge is 2.24. The lowest BCUT2D eigenvalue weighted by Gasteiger charge is -2.30. The first-order chi connectivity index (χ1) is 14.1. The Kier molecular flexibility index (Phi) is 5.76. The molecular formula is C21H23ClN6O. The molecule has 0 aliphatic heterocycles. The molecule has 0 spiro atoms. The molecule has 150 valence electrons. The van der Waals surface area contributed by atoms with Gasteiger partial charge in [-0.25, -0.2) is 15.0 Å². The van der Waals surface area contributed by atoms with Crippen molar-refractivity contribution in [1.29, 1.82) is 0 Å². The van der Waals surface area contributed by atoms with Gasteiger partial charge in [0.2, 0.25) is 5.28 Å². The number of aryl methyl sites for hydroxylation is 1. The van der Waals surface area contributed by atoms with Crippen LogP contribution in [0.25, 0.3) is 11.3 Å². The van der Waals surface area contributed by atoms with E-state index >= 15 is 0 Å².